The number of aliphatic hydroxyl groups is 1. The number of methoxy groups -OCH3 is 2. The van der Waals surface area contributed by atoms with Crippen molar-refractivity contribution in [1.29, 1.82) is 0 Å². The molecule has 2 aliphatic heterocycles. The Morgan fingerprint density at radius 3 is 2.50 bits per heavy atom. The fourth-order valence-electron chi connectivity index (χ4n) is 5.05. The van der Waals surface area contributed by atoms with Crippen LogP contribution < -0.4 is 14.2 Å². The number of ketones is 1. The van der Waals surface area contributed by atoms with Gasteiger partial charge >= 0.3 is 0 Å². The first kappa shape index (κ1) is 29.4. The van der Waals surface area contributed by atoms with Crippen LogP contribution in [-0.4, -0.2) is 86.8 Å². The number of carbonyl (C=O) groups is 2. The Morgan fingerprint density at radius 2 is 1.80 bits per heavy atom. The average molecular weight is 553 g/mol. The molecule has 0 bridgehead atoms. The molecule has 2 saturated heterocycles. The molecule has 2 fully saturated rings. The zero-order valence-electron chi connectivity index (χ0n) is 23.9. The first-order valence-electron chi connectivity index (χ1n) is 13.9. The van der Waals surface area contributed by atoms with E-state index in [1.165, 1.54) is 7.11 Å². The molecule has 1 atom stereocenters. The van der Waals surface area contributed by atoms with E-state index in [0.29, 0.717) is 67.1 Å². The fraction of sp³-hybridized carbons (Fsp3) is 0.484. The van der Waals surface area contributed by atoms with E-state index in [0.717, 1.165) is 26.1 Å². The van der Waals surface area contributed by atoms with Gasteiger partial charge in [-0.25, -0.2) is 0 Å². The molecule has 2 aromatic rings. The predicted octanol–water partition coefficient (Wildman–Crippen LogP) is 4.27. The van der Waals surface area contributed by atoms with E-state index in [-0.39, 0.29) is 11.3 Å². The molecule has 2 aromatic carbocycles. The number of Topliss-reactive ketones (excluding diaryl/α,β-unsaturated/α-hetero) is 1. The highest BCUT2D eigenvalue weighted by atomic mass is 16.5. The van der Waals surface area contributed by atoms with Crippen molar-refractivity contribution in [2.45, 2.75) is 32.7 Å². The highest BCUT2D eigenvalue weighted by Crippen LogP contribution is 2.42. The lowest BCUT2D eigenvalue weighted by molar-refractivity contribution is -0.140. The molecule has 0 spiro atoms. The molecule has 0 saturated carbocycles. The van der Waals surface area contributed by atoms with E-state index >= 15 is 0 Å². The number of hydrogen-bond acceptors (Lipinski definition) is 8. The minimum Gasteiger partial charge on any atom is -0.507 e. The second-order valence-corrected chi connectivity index (χ2v) is 10.5. The van der Waals surface area contributed by atoms with Crippen LogP contribution in [0.15, 0.2) is 48.0 Å². The molecule has 0 aromatic heterocycles. The second kappa shape index (κ2) is 13.7. The molecule has 216 valence electrons. The summed E-state index contributed by atoms with van der Waals surface area (Å²) in [4.78, 5) is 30.7. The minimum absolute atomic E-state index is 0.0418. The molecule has 1 unspecified atom stereocenters. The molecule has 9 heteroatoms. The fourth-order valence-corrected chi connectivity index (χ4v) is 5.05. The first-order chi connectivity index (χ1) is 19.3. The summed E-state index contributed by atoms with van der Waals surface area (Å²) in [6.07, 6.45) is 1.57. The molecule has 4 rings (SSSR count). The van der Waals surface area contributed by atoms with Crippen molar-refractivity contribution in [2.24, 2.45) is 5.92 Å². The zero-order chi connectivity index (χ0) is 28.6. The normalized spacial score (nSPS) is 19.3. The van der Waals surface area contributed by atoms with E-state index in [2.05, 4.69) is 18.7 Å². The van der Waals surface area contributed by atoms with Gasteiger partial charge in [-0.2, -0.15) is 0 Å². The molecular weight excluding hydrogens is 512 g/mol. The molecule has 2 heterocycles. The molecule has 1 N–H and O–H groups in total. The standard InChI is InChI=1S/C31H40N2O7/c1-21(2)11-16-40-25-10-9-22(20-26(25)38-4)28-27(29(34)23-7-5-8-24(19-23)37-3)30(35)31(36)33(28)13-6-12-32-14-17-39-18-15-32/h5,7-10,19-21,28,34H,6,11-18H2,1-4H3. The summed E-state index contributed by atoms with van der Waals surface area (Å²) in [7, 11) is 3.09. The van der Waals surface area contributed by atoms with Gasteiger partial charge in [0.05, 0.1) is 45.7 Å². The number of benzene rings is 2. The Bertz CT molecular complexity index is 1220. The van der Waals surface area contributed by atoms with Gasteiger partial charge in [-0.3, -0.25) is 14.5 Å². The number of nitrogens with zero attached hydrogens (tertiary/aromatic N) is 2. The third kappa shape index (κ3) is 6.77. The van der Waals surface area contributed by atoms with Gasteiger partial charge in [0.1, 0.15) is 11.5 Å². The molecule has 40 heavy (non-hydrogen) atoms. The Hall–Kier alpha value is -3.56. The number of morpholine rings is 1. The Balaban J connectivity index is 1.70. The first-order valence-corrected chi connectivity index (χ1v) is 13.9. The zero-order valence-corrected chi connectivity index (χ0v) is 23.9. The maximum Gasteiger partial charge on any atom is 0.295 e. The van der Waals surface area contributed by atoms with Gasteiger partial charge in [-0.15, -0.1) is 0 Å². The van der Waals surface area contributed by atoms with Crippen LogP contribution in [0, 0.1) is 5.92 Å². The Morgan fingerprint density at radius 1 is 1.02 bits per heavy atom. The van der Waals surface area contributed by atoms with Crippen molar-refractivity contribution in [3.63, 3.8) is 0 Å². The van der Waals surface area contributed by atoms with Crippen LogP contribution >= 0.6 is 0 Å². The van der Waals surface area contributed by atoms with E-state index in [1.807, 2.05) is 6.07 Å². The monoisotopic (exact) mass is 552 g/mol. The summed E-state index contributed by atoms with van der Waals surface area (Å²) >= 11 is 0. The van der Waals surface area contributed by atoms with Crippen LogP contribution in [0.5, 0.6) is 17.2 Å². The third-order valence-electron chi connectivity index (χ3n) is 7.32. The summed E-state index contributed by atoms with van der Waals surface area (Å²) in [6, 6.07) is 11.4. The maximum absolute atomic E-state index is 13.4. The summed E-state index contributed by atoms with van der Waals surface area (Å²) in [5, 5.41) is 11.4. The number of aliphatic hydroxyl groups excluding tert-OH is 1. The van der Waals surface area contributed by atoms with E-state index < -0.39 is 17.7 Å². The lowest BCUT2D eigenvalue weighted by Crippen LogP contribution is -2.39. The van der Waals surface area contributed by atoms with Crippen molar-refractivity contribution in [1.82, 2.24) is 9.80 Å². The van der Waals surface area contributed by atoms with E-state index in [4.69, 9.17) is 18.9 Å². The number of rotatable bonds is 12. The Kier molecular flexibility index (Phi) is 10.1. The van der Waals surface area contributed by atoms with Gasteiger partial charge in [-0.1, -0.05) is 32.0 Å². The largest absolute Gasteiger partial charge is 0.507 e. The van der Waals surface area contributed by atoms with Gasteiger partial charge in [0, 0.05) is 31.7 Å². The molecule has 0 radical (unpaired) electrons. The molecule has 2 aliphatic rings. The van der Waals surface area contributed by atoms with Crippen molar-refractivity contribution in [2.75, 3.05) is 60.2 Å². The number of hydrogen-bond donors (Lipinski definition) is 1. The summed E-state index contributed by atoms with van der Waals surface area (Å²) in [6.45, 7) is 9.01. The minimum atomic E-state index is -0.783. The second-order valence-electron chi connectivity index (χ2n) is 10.5. The van der Waals surface area contributed by atoms with Crippen molar-refractivity contribution >= 4 is 17.4 Å². The lowest BCUT2D eigenvalue weighted by atomic mass is 9.95. The highest BCUT2D eigenvalue weighted by molar-refractivity contribution is 6.46. The van der Waals surface area contributed by atoms with Crippen molar-refractivity contribution < 1.29 is 33.6 Å². The van der Waals surface area contributed by atoms with Gasteiger partial charge in [-0.05, 0) is 48.6 Å². The van der Waals surface area contributed by atoms with Gasteiger partial charge in [0.15, 0.2) is 11.5 Å². The van der Waals surface area contributed by atoms with Crippen LogP contribution in [0.2, 0.25) is 0 Å². The van der Waals surface area contributed by atoms with Crippen LogP contribution in [-0.2, 0) is 14.3 Å². The lowest BCUT2D eigenvalue weighted by Gasteiger charge is -2.29. The molecule has 0 aliphatic carbocycles. The van der Waals surface area contributed by atoms with Gasteiger partial charge in [0.25, 0.3) is 11.7 Å². The average Bonchev–Trinajstić information content (AvgIpc) is 3.22. The smallest absolute Gasteiger partial charge is 0.295 e. The number of carbonyl (C=O) groups excluding carboxylic acids is 2. The van der Waals surface area contributed by atoms with Crippen LogP contribution in [0.1, 0.15) is 43.9 Å². The third-order valence-corrected chi connectivity index (χ3v) is 7.32. The van der Waals surface area contributed by atoms with Crippen LogP contribution in [0.25, 0.3) is 5.76 Å². The van der Waals surface area contributed by atoms with Crippen LogP contribution in [0.4, 0.5) is 0 Å². The van der Waals surface area contributed by atoms with Crippen molar-refractivity contribution in [3.8, 4) is 17.2 Å². The molecular formula is C31H40N2O7. The number of ether oxygens (including phenoxy) is 4. The van der Waals surface area contributed by atoms with E-state index in [9.17, 15) is 14.7 Å². The summed E-state index contributed by atoms with van der Waals surface area (Å²) < 4.78 is 22.3. The van der Waals surface area contributed by atoms with Crippen LogP contribution in [0.3, 0.4) is 0 Å². The van der Waals surface area contributed by atoms with Gasteiger partial charge < -0.3 is 29.0 Å². The van der Waals surface area contributed by atoms with Crippen molar-refractivity contribution in [3.05, 3.63) is 59.2 Å². The maximum atomic E-state index is 13.4. The quantitative estimate of drug-likeness (QED) is 0.237. The highest BCUT2D eigenvalue weighted by Gasteiger charge is 2.46. The Labute approximate surface area is 236 Å². The number of likely N-dealkylation sites (tertiary alicyclic amines) is 1. The SMILES string of the molecule is COc1cccc(C(O)=C2C(=O)C(=O)N(CCCN3CCOCC3)C2c2ccc(OCCC(C)C)c(OC)c2)c1. The predicted molar refractivity (Wildman–Crippen MR) is 152 cm³/mol. The van der Waals surface area contributed by atoms with Gasteiger partial charge in [0.2, 0.25) is 0 Å². The molecule has 1 amide bonds. The molecule has 9 nitrogen and oxygen atoms in total. The summed E-state index contributed by atoms with van der Waals surface area (Å²) in [5.74, 6) is 0.532. The topological polar surface area (TPSA) is 97.8 Å². The summed E-state index contributed by atoms with van der Waals surface area (Å²) in [5.41, 5.74) is 1.10. The number of amides is 1. The van der Waals surface area contributed by atoms with E-state index in [1.54, 1.807) is 48.4 Å².